The van der Waals surface area contributed by atoms with Crippen LogP contribution in [0.3, 0.4) is 0 Å². The number of aliphatic hydroxyl groups is 1. The van der Waals surface area contributed by atoms with Crippen LogP contribution in [0.4, 0.5) is 0 Å². The molecule has 0 amide bonds. The van der Waals surface area contributed by atoms with Crippen molar-refractivity contribution in [1.29, 1.82) is 0 Å². The molecule has 78 valence electrons. The van der Waals surface area contributed by atoms with Crippen LogP contribution in [0.15, 0.2) is 28.7 Å². The molecule has 0 heterocycles. The Balaban J connectivity index is 2.15. The van der Waals surface area contributed by atoms with Crippen LogP contribution in [0.25, 0.3) is 0 Å². The molecule has 0 unspecified atom stereocenters. The van der Waals surface area contributed by atoms with E-state index in [1.165, 1.54) is 18.4 Å². The van der Waals surface area contributed by atoms with Gasteiger partial charge in [-0.1, -0.05) is 40.9 Å². The Kier molecular flexibility index (Phi) is 5.88. The maximum atomic E-state index is 8.61. The molecule has 0 radical (unpaired) electrons. The summed E-state index contributed by atoms with van der Waals surface area (Å²) in [7, 11) is 0. The summed E-state index contributed by atoms with van der Waals surface area (Å²) in [4.78, 5) is 0. The molecule has 0 spiro atoms. The largest absolute Gasteiger partial charge is 0.396 e. The Hall–Kier alpha value is -0.340. The van der Waals surface area contributed by atoms with Crippen LogP contribution < -0.4 is 0 Å². The van der Waals surface area contributed by atoms with Crippen molar-refractivity contribution in [3.8, 4) is 0 Å². The second-order valence-electron chi connectivity index (χ2n) is 3.51. The first-order chi connectivity index (χ1) is 6.83. The SMILES string of the molecule is OCCCCCCc1ccc(Br)cc1. The van der Waals surface area contributed by atoms with Crippen LogP contribution in [-0.2, 0) is 6.42 Å². The van der Waals surface area contributed by atoms with E-state index in [0.29, 0.717) is 6.61 Å². The Morgan fingerprint density at radius 1 is 0.929 bits per heavy atom. The van der Waals surface area contributed by atoms with Crippen molar-refractivity contribution in [2.45, 2.75) is 32.1 Å². The number of aliphatic hydroxyl groups excluding tert-OH is 1. The summed E-state index contributed by atoms with van der Waals surface area (Å²) in [5.74, 6) is 0. The van der Waals surface area contributed by atoms with Crippen molar-refractivity contribution in [2.75, 3.05) is 6.61 Å². The minimum absolute atomic E-state index is 0.332. The van der Waals surface area contributed by atoms with Crippen molar-refractivity contribution in [2.24, 2.45) is 0 Å². The quantitative estimate of drug-likeness (QED) is 0.773. The molecule has 14 heavy (non-hydrogen) atoms. The maximum absolute atomic E-state index is 8.61. The number of rotatable bonds is 6. The van der Waals surface area contributed by atoms with Gasteiger partial charge in [-0.05, 0) is 37.0 Å². The smallest absolute Gasteiger partial charge is 0.0431 e. The molecule has 1 aromatic carbocycles. The highest BCUT2D eigenvalue weighted by Crippen LogP contribution is 2.13. The molecule has 0 aromatic heterocycles. The minimum atomic E-state index is 0.332. The zero-order valence-electron chi connectivity index (χ0n) is 8.38. The lowest BCUT2D eigenvalue weighted by molar-refractivity contribution is 0.282. The lowest BCUT2D eigenvalue weighted by Crippen LogP contribution is -1.87. The molecule has 2 heteroatoms. The normalized spacial score (nSPS) is 10.4. The summed E-state index contributed by atoms with van der Waals surface area (Å²) < 4.78 is 1.14. The highest BCUT2D eigenvalue weighted by molar-refractivity contribution is 9.10. The number of halogens is 1. The summed E-state index contributed by atoms with van der Waals surface area (Å²) in [5.41, 5.74) is 1.40. The van der Waals surface area contributed by atoms with Gasteiger partial charge in [0.05, 0.1) is 0 Å². The summed E-state index contributed by atoms with van der Waals surface area (Å²) in [6.07, 6.45) is 5.68. The standard InChI is InChI=1S/C12H17BrO/c13-12-8-6-11(7-9-12)5-3-1-2-4-10-14/h6-9,14H,1-5,10H2. The number of hydrogen-bond donors (Lipinski definition) is 1. The van der Waals surface area contributed by atoms with Crippen molar-refractivity contribution in [3.05, 3.63) is 34.3 Å². The molecule has 1 nitrogen and oxygen atoms in total. The molecule has 0 saturated heterocycles. The van der Waals surface area contributed by atoms with Gasteiger partial charge in [0, 0.05) is 11.1 Å². The van der Waals surface area contributed by atoms with E-state index in [1.54, 1.807) is 0 Å². The van der Waals surface area contributed by atoms with Gasteiger partial charge in [0.2, 0.25) is 0 Å². The van der Waals surface area contributed by atoms with Crippen LogP contribution >= 0.6 is 15.9 Å². The van der Waals surface area contributed by atoms with Gasteiger partial charge in [-0.2, -0.15) is 0 Å². The summed E-state index contributed by atoms with van der Waals surface area (Å²) in [6, 6.07) is 8.50. The van der Waals surface area contributed by atoms with Gasteiger partial charge < -0.3 is 5.11 Å². The number of benzene rings is 1. The van der Waals surface area contributed by atoms with Gasteiger partial charge in [0.15, 0.2) is 0 Å². The summed E-state index contributed by atoms with van der Waals surface area (Å²) >= 11 is 3.42. The van der Waals surface area contributed by atoms with E-state index in [2.05, 4.69) is 40.2 Å². The van der Waals surface area contributed by atoms with Crippen molar-refractivity contribution < 1.29 is 5.11 Å². The summed E-state index contributed by atoms with van der Waals surface area (Å²) in [5, 5.41) is 8.61. The van der Waals surface area contributed by atoms with Crippen molar-refractivity contribution >= 4 is 15.9 Å². The molecule has 1 N–H and O–H groups in total. The molecule has 0 aliphatic heterocycles. The average molecular weight is 257 g/mol. The van der Waals surface area contributed by atoms with Crippen LogP contribution in [0.5, 0.6) is 0 Å². The molecular weight excluding hydrogens is 240 g/mol. The van der Waals surface area contributed by atoms with Gasteiger partial charge in [-0.15, -0.1) is 0 Å². The van der Waals surface area contributed by atoms with E-state index in [-0.39, 0.29) is 0 Å². The average Bonchev–Trinajstić information content (AvgIpc) is 2.21. The number of unbranched alkanes of at least 4 members (excludes halogenated alkanes) is 3. The zero-order chi connectivity index (χ0) is 10.2. The molecule has 0 aliphatic carbocycles. The van der Waals surface area contributed by atoms with E-state index < -0.39 is 0 Å². The Morgan fingerprint density at radius 3 is 2.21 bits per heavy atom. The Morgan fingerprint density at radius 2 is 1.57 bits per heavy atom. The topological polar surface area (TPSA) is 20.2 Å². The zero-order valence-corrected chi connectivity index (χ0v) is 9.96. The molecule has 0 bridgehead atoms. The van der Waals surface area contributed by atoms with E-state index in [4.69, 9.17) is 5.11 Å². The molecule has 0 aliphatic rings. The van der Waals surface area contributed by atoms with Gasteiger partial charge in [-0.3, -0.25) is 0 Å². The molecule has 1 aromatic rings. The van der Waals surface area contributed by atoms with Crippen molar-refractivity contribution in [1.82, 2.24) is 0 Å². The number of hydrogen-bond acceptors (Lipinski definition) is 1. The first-order valence-corrected chi connectivity index (χ1v) is 5.97. The van der Waals surface area contributed by atoms with E-state index >= 15 is 0 Å². The Bertz CT molecular complexity index is 243. The van der Waals surface area contributed by atoms with Gasteiger partial charge >= 0.3 is 0 Å². The second kappa shape index (κ2) is 7.02. The maximum Gasteiger partial charge on any atom is 0.0431 e. The van der Waals surface area contributed by atoms with Crippen LogP contribution in [0, 0.1) is 0 Å². The molecule has 1 rings (SSSR count). The molecule has 0 saturated carbocycles. The van der Waals surface area contributed by atoms with Gasteiger partial charge in [0.25, 0.3) is 0 Å². The minimum Gasteiger partial charge on any atom is -0.396 e. The number of aryl methyl sites for hydroxylation is 1. The van der Waals surface area contributed by atoms with Gasteiger partial charge in [-0.25, -0.2) is 0 Å². The molecular formula is C12H17BrO. The molecule has 0 atom stereocenters. The fraction of sp³-hybridized carbons (Fsp3) is 0.500. The second-order valence-corrected chi connectivity index (χ2v) is 4.43. The predicted molar refractivity (Wildman–Crippen MR) is 63.4 cm³/mol. The van der Waals surface area contributed by atoms with E-state index in [0.717, 1.165) is 23.7 Å². The van der Waals surface area contributed by atoms with E-state index in [9.17, 15) is 0 Å². The van der Waals surface area contributed by atoms with Gasteiger partial charge in [0.1, 0.15) is 0 Å². The fourth-order valence-electron chi connectivity index (χ4n) is 1.45. The Labute approximate surface area is 94.3 Å². The third-order valence-corrected chi connectivity index (χ3v) is 2.82. The third-order valence-electron chi connectivity index (χ3n) is 2.29. The van der Waals surface area contributed by atoms with Crippen LogP contribution in [-0.4, -0.2) is 11.7 Å². The monoisotopic (exact) mass is 256 g/mol. The first-order valence-electron chi connectivity index (χ1n) is 5.18. The lowest BCUT2D eigenvalue weighted by Gasteiger charge is -2.01. The fourth-order valence-corrected chi connectivity index (χ4v) is 1.71. The van der Waals surface area contributed by atoms with Crippen LogP contribution in [0.1, 0.15) is 31.2 Å². The highest BCUT2D eigenvalue weighted by Gasteiger charge is 1.93. The highest BCUT2D eigenvalue weighted by atomic mass is 79.9. The molecule has 0 fully saturated rings. The van der Waals surface area contributed by atoms with Crippen LogP contribution in [0.2, 0.25) is 0 Å². The first kappa shape index (κ1) is 11.7. The summed E-state index contributed by atoms with van der Waals surface area (Å²) in [6.45, 7) is 0.332. The predicted octanol–water partition coefficient (Wildman–Crippen LogP) is 3.54. The third kappa shape index (κ3) is 4.77. The lowest BCUT2D eigenvalue weighted by atomic mass is 10.1. The van der Waals surface area contributed by atoms with Crippen molar-refractivity contribution in [3.63, 3.8) is 0 Å². The van der Waals surface area contributed by atoms with E-state index in [1.807, 2.05) is 0 Å².